The van der Waals surface area contributed by atoms with Crippen molar-refractivity contribution >= 4 is 21.9 Å². The molecule has 1 aromatic rings. The van der Waals surface area contributed by atoms with E-state index < -0.39 is 16.2 Å². The van der Waals surface area contributed by atoms with Crippen molar-refractivity contribution in [3.05, 3.63) is 29.8 Å². The highest BCUT2D eigenvalue weighted by Crippen LogP contribution is 2.19. The minimum absolute atomic E-state index is 0.125. The number of anilines is 1. The number of nitriles is 1. The van der Waals surface area contributed by atoms with E-state index in [0.29, 0.717) is 11.3 Å². The van der Waals surface area contributed by atoms with Crippen LogP contribution in [0.2, 0.25) is 0 Å². The van der Waals surface area contributed by atoms with Crippen molar-refractivity contribution in [1.29, 1.82) is 5.26 Å². The molecule has 8 heteroatoms. The molecule has 1 N–H and O–H groups in total. The quantitative estimate of drug-likeness (QED) is 0.830. The first-order valence-corrected chi connectivity index (χ1v) is 7.11. The molecular formula is C12H15N3O4S. The zero-order valence-corrected chi connectivity index (χ0v) is 12.0. The van der Waals surface area contributed by atoms with Crippen molar-refractivity contribution < 1.29 is 18.3 Å². The van der Waals surface area contributed by atoms with Crippen LogP contribution in [0, 0.1) is 11.3 Å². The Morgan fingerprint density at radius 2 is 2.05 bits per heavy atom. The summed E-state index contributed by atoms with van der Waals surface area (Å²) in [4.78, 5) is 10.5. The first-order valence-electron chi connectivity index (χ1n) is 5.71. The zero-order chi connectivity index (χ0) is 15.3. The fourth-order valence-corrected chi connectivity index (χ4v) is 2.60. The second-order valence-corrected chi connectivity index (χ2v) is 6.17. The topological polar surface area (TPSA) is 102 Å². The van der Waals surface area contributed by atoms with Gasteiger partial charge < -0.3 is 5.11 Å². The molecule has 7 nitrogen and oxygen atoms in total. The Kier molecular flexibility index (Phi) is 5.07. The van der Waals surface area contributed by atoms with Crippen LogP contribution in [0.15, 0.2) is 24.3 Å². The van der Waals surface area contributed by atoms with Crippen molar-refractivity contribution in [1.82, 2.24) is 4.31 Å². The third-order valence-corrected chi connectivity index (χ3v) is 4.59. The predicted molar refractivity (Wildman–Crippen MR) is 73.4 cm³/mol. The molecule has 0 saturated heterocycles. The lowest BCUT2D eigenvalue weighted by Crippen LogP contribution is -2.40. The van der Waals surface area contributed by atoms with Crippen LogP contribution in [0.3, 0.4) is 0 Å². The summed E-state index contributed by atoms with van der Waals surface area (Å²) in [5, 5.41) is 17.4. The molecule has 0 fully saturated rings. The Morgan fingerprint density at radius 1 is 1.40 bits per heavy atom. The first-order chi connectivity index (χ1) is 9.28. The van der Waals surface area contributed by atoms with Gasteiger partial charge in [0.2, 0.25) is 0 Å². The summed E-state index contributed by atoms with van der Waals surface area (Å²) in [5.74, 6) is -1.07. The molecule has 0 unspecified atom stereocenters. The Morgan fingerprint density at radius 3 is 2.60 bits per heavy atom. The Hall–Kier alpha value is -2.11. The van der Waals surface area contributed by atoms with Gasteiger partial charge in [0, 0.05) is 20.6 Å². The van der Waals surface area contributed by atoms with Gasteiger partial charge in [-0.3, -0.25) is 9.10 Å². The summed E-state index contributed by atoms with van der Waals surface area (Å²) in [5.41, 5.74) is 0.684. The first kappa shape index (κ1) is 15.9. The zero-order valence-electron chi connectivity index (χ0n) is 11.1. The van der Waals surface area contributed by atoms with E-state index in [0.717, 1.165) is 8.61 Å². The van der Waals surface area contributed by atoms with Gasteiger partial charge in [-0.1, -0.05) is 6.07 Å². The van der Waals surface area contributed by atoms with Crippen molar-refractivity contribution in [3.8, 4) is 6.07 Å². The molecule has 0 aliphatic heterocycles. The fourth-order valence-electron chi connectivity index (χ4n) is 1.48. The number of carboxylic acid groups (broad SMARTS) is 1. The molecule has 108 valence electrons. The fraction of sp³-hybridized carbons (Fsp3) is 0.333. The van der Waals surface area contributed by atoms with Crippen LogP contribution in [-0.4, -0.2) is 44.4 Å². The standard InChI is InChI=1S/C12H15N3O4S/c1-14(7-6-12(16)17)20(18,19)15(2)11-5-3-4-10(8-11)9-13/h3-5,8H,6-7H2,1-2H3,(H,16,17). The number of carbonyl (C=O) groups is 1. The van der Waals surface area contributed by atoms with Crippen LogP contribution < -0.4 is 4.31 Å². The van der Waals surface area contributed by atoms with Crippen LogP contribution in [-0.2, 0) is 15.0 Å². The molecule has 1 aromatic carbocycles. The van der Waals surface area contributed by atoms with Gasteiger partial charge in [0.15, 0.2) is 0 Å². The summed E-state index contributed by atoms with van der Waals surface area (Å²) in [6.45, 7) is -0.125. The highest BCUT2D eigenvalue weighted by molar-refractivity contribution is 7.90. The molecule has 1 rings (SSSR count). The van der Waals surface area contributed by atoms with Gasteiger partial charge in [0.25, 0.3) is 0 Å². The van der Waals surface area contributed by atoms with Crippen molar-refractivity contribution in [3.63, 3.8) is 0 Å². The lowest BCUT2D eigenvalue weighted by Gasteiger charge is -2.25. The maximum Gasteiger partial charge on any atom is 0.304 e. The minimum atomic E-state index is -3.82. The predicted octanol–water partition coefficient (Wildman–Crippen LogP) is 0.646. The number of hydrogen-bond donors (Lipinski definition) is 1. The Labute approximate surface area is 117 Å². The van der Waals surface area contributed by atoms with E-state index >= 15 is 0 Å². The van der Waals surface area contributed by atoms with Crippen LogP contribution in [0.4, 0.5) is 5.69 Å². The number of benzene rings is 1. The maximum absolute atomic E-state index is 12.2. The molecule has 0 spiro atoms. The Balaban J connectivity index is 2.96. The van der Waals surface area contributed by atoms with Gasteiger partial charge >= 0.3 is 16.2 Å². The van der Waals surface area contributed by atoms with Gasteiger partial charge in [-0.2, -0.15) is 18.0 Å². The second-order valence-electron chi connectivity index (χ2n) is 4.10. The van der Waals surface area contributed by atoms with Crippen molar-refractivity contribution in [2.24, 2.45) is 0 Å². The molecule has 0 heterocycles. The molecule has 0 bridgehead atoms. The Bertz CT molecular complexity index is 636. The van der Waals surface area contributed by atoms with Gasteiger partial charge in [-0.25, -0.2) is 0 Å². The molecular weight excluding hydrogens is 282 g/mol. The molecule has 0 atom stereocenters. The van der Waals surface area contributed by atoms with Crippen LogP contribution in [0.25, 0.3) is 0 Å². The average molecular weight is 297 g/mol. The second kappa shape index (κ2) is 6.36. The van der Waals surface area contributed by atoms with Gasteiger partial charge in [-0.15, -0.1) is 0 Å². The molecule has 0 amide bonds. The van der Waals surface area contributed by atoms with Crippen molar-refractivity contribution in [2.75, 3.05) is 24.9 Å². The molecule has 20 heavy (non-hydrogen) atoms. The summed E-state index contributed by atoms with van der Waals surface area (Å²) >= 11 is 0. The van der Waals surface area contributed by atoms with Crippen LogP contribution in [0.5, 0.6) is 0 Å². The third kappa shape index (κ3) is 3.69. The third-order valence-electron chi connectivity index (χ3n) is 2.72. The van der Waals surface area contributed by atoms with Gasteiger partial charge in [0.05, 0.1) is 23.7 Å². The van der Waals surface area contributed by atoms with E-state index in [2.05, 4.69) is 0 Å². The molecule has 0 aliphatic carbocycles. The lowest BCUT2D eigenvalue weighted by molar-refractivity contribution is -0.137. The monoisotopic (exact) mass is 297 g/mol. The maximum atomic E-state index is 12.2. The van der Waals surface area contributed by atoms with Crippen LogP contribution in [0.1, 0.15) is 12.0 Å². The molecule has 0 aliphatic rings. The number of nitrogens with zero attached hydrogens (tertiary/aromatic N) is 3. The summed E-state index contributed by atoms with van der Waals surface area (Å²) in [7, 11) is -1.16. The van der Waals surface area contributed by atoms with E-state index in [1.54, 1.807) is 18.2 Å². The summed E-state index contributed by atoms with van der Waals surface area (Å²) in [6, 6.07) is 8.08. The molecule has 0 radical (unpaired) electrons. The summed E-state index contributed by atoms with van der Waals surface area (Å²) in [6.07, 6.45) is -0.276. The lowest BCUT2D eigenvalue weighted by atomic mass is 10.2. The smallest absolute Gasteiger partial charge is 0.304 e. The number of carboxylic acids is 1. The minimum Gasteiger partial charge on any atom is -0.481 e. The average Bonchev–Trinajstić information content (AvgIpc) is 2.43. The highest BCUT2D eigenvalue weighted by Gasteiger charge is 2.24. The van der Waals surface area contributed by atoms with Gasteiger partial charge in [-0.05, 0) is 18.2 Å². The van der Waals surface area contributed by atoms with Gasteiger partial charge in [0.1, 0.15) is 0 Å². The largest absolute Gasteiger partial charge is 0.481 e. The van der Waals surface area contributed by atoms with E-state index in [1.165, 1.54) is 20.2 Å². The molecule has 0 aromatic heterocycles. The van der Waals surface area contributed by atoms with E-state index in [4.69, 9.17) is 10.4 Å². The highest BCUT2D eigenvalue weighted by atomic mass is 32.2. The van der Waals surface area contributed by atoms with E-state index in [1.807, 2.05) is 6.07 Å². The van der Waals surface area contributed by atoms with Crippen LogP contribution >= 0.6 is 0 Å². The van der Waals surface area contributed by atoms with Crippen molar-refractivity contribution in [2.45, 2.75) is 6.42 Å². The summed E-state index contributed by atoms with van der Waals surface area (Å²) < 4.78 is 26.4. The van der Waals surface area contributed by atoms with E-state index in [-0.39, 0.29) is 13.0 Å². The number of aliphatic carboxylic acids is 1. The molecule has 0 saturated carbocycles. The SMILES string of the molecule is CN(CCC(=O)O)S(=O)(=O)N(C)c1cccc(C#N)c1. The number of rotatable bonds is 6. The number of hydrogen-bond acceptors (Lipinski definition) is 4. The van der Waals surface area contributed by atoms with E-state index in [9.17, 15) is 13.2 Å². The normalized spacial score (nSPS) is 11.1.